The van der Waals surface area contributed by atoms with Crippen molar-refractivity contribution >= 4 is 5.97 Å². The lowest BCUT2D eigenvalue weighted by Gasteiger charge is -2.18. The van der Waals surface area contributed by atoms with Gasteiger partial charge in [0.05, 0.1) is 38.2 Å². The van der Waals surface area contributed by atoms with E-state index in [0.29, 0.717) is 17.1 Å². The standard InChI is InChI=1S/C25H25F3O4/c1-30-22-13-12-18(15-23(22)32-21-8-3-4-9-21)19(16-24(29)31-2)11-10-17-6-5-7-20(14-17)25(26,27)28/h5-7,12-15,19,21H,3-4,8-9,16H2,1-2H3. The molecule has 1 unspecified atom stereocenters. The van der Waals surface area contributed by atoms with Crippen molar-refractivity contribution in [1.29, 1.82) is 0 Å². The van der Waals surface area contributed by atoms with Crippen LogP contribution in [-0.4, -0.2) is 26.3 Å². The largest absolute Gasteiger partial charge is 0.493 e. The van der Waals surface area contributed by atoms with Gasteiger partial charge in [-0.25, -0.2) is 0 Å². The van der Waals surface area contributed by atoms with E-state index < -0.39 is 23.6 Å². The van der Waals surface area contributed by atoms with Crippen LogP contribution in [0.5, 0.6) is 11.5 Å². The summed E-state index contributed by atoms with van der Waals surface area (Å²) in [5.41, 5.74) is 0.139. The highest BCUT2D eigenvalue weighted by atomic mass is 19.4. The number of rotatable bonds is 6. The van der Waals surface area contributed by atoms with Crippen molar-refractivity contribution < 1.29 is 32.2 Å². The van der Waals surface area contributed by atoms with Crippen LogP contribution in [0.4, 0.5) is 13.2 Å². The lowest BCUT2D eigenvalue weighted by Crippen LogP contribution is -2.12. The van der Waals surface area contributed by atoms with Gasteiger partial charge in [-0.1, -0.05) is 24.0 Å². The number of carbonyl (C=O) groups is 1. The molecule has 3 rings (SSSR count). The predicted octanol–water partition coefficient (Wildman–Crippen LogP) is 5.73. The molecule has 32 heavy (non-hydrogen) atoms. The highest BCUT2D eigenvalue weighted by Crippen LogP contribution is 2.35. The van der Waals surface area contributed by atoms with E-state index >= 15 is 0 Å². The van der Waals surface area contributed by atoms with Crippen LogP contribution in [0.15, 0.2) is 42.5 Å². The van der Waals surface area contributed by atoms with Gasteiger partial charge in [0.25, 0.3) is 0 Å². The fourth-order valence-corrected chi connectivity index (χ4v) is 3.63. The average molecular weight is 446 g/mol. The van der Waals surface area contributed by atoms with Crippen LogP contribution >= 0.6 is 0 Å². The molecule has 0 aromatic heterocycles. The zero-order chi connectivity index (χ0) is 23.1. The first-order valence-corrected chi connectivity index (χ1v) is 10.4. The molecule has 170 valence electrons. The van der Waals surface area contributed by atoms with E-state index in [4.69, 9.17) is 14.2 Å². The molecule has 0 aliphatic heterocycles. The van der Waals surface area contributed by atoms with Gasteiger partial charge in [0.1, 0.15) is 0 Å². The summed E-state index contributed by atoms with van der Waals surface area (Å²) < 4.78 is 55.3. The summed E-state index contributed by atoms with van der Waals surface area (Å²) in [6, 6.07) is 10.1. The summed E-state index contributed by atoms with van der Waals surface area (Å²) >= 11 is 0. The normalized spacial score (nSPS) is 14.9. The number of methoxy groups -OCH3 is 2. The summed E-state index contributed by atoms with van der Waals surface area (Å²) in [6.07, 6.45) is -0.235. The van der Waals surface area contributed by atoms with Gasteiger partial charge in [0.15, 0.2) is 11.5 Å². The predicted molar refractivity (Wildman–Crippen MR) is 114 cm³/mol. The lowest BCUT2D eigenvalue weighted by atomic mass is 9.95. The third-order valence-corrected chi connectivity index (χ3v) is 5.36. The highest BCUT2D eigenvalue weighted by molar-refractivity contribution is 5.71. The Bertz CT molecular complexity index is 998. The van der Waals surface area contributed by atoms with Gasteiger partial charge in [0, 0.05) is 5.56 Å². The maximum Gasteiger partial charge on any atom is 0.416 e. The Morgan fingerprint density at radius 3 is 2.50 bits per heavy atom. The summed E-state index contributed by atoms with van der Waals surface area (Å²) in [5.74, 6) is 5.79. The Balaban J connectivity index is 1.93. The van der Waals surface area contributed by atoms with Crippen molar-refractivity contribution in [2.75, 3.05) is 14.2 Å². The molecule has 0 heterocycles. The van der Waals surface area contributed by atoms with E-state index in [1.54, 1.807) is 25.3 Å². The maximum atomic E-state index is 13.0. The molecule has 0 radical (unpaired) electrons. The molecule has 7 heteroatoms. The van der Waals surface area contributed by atoms with E-state index in [9.17, 15) is 18.0 Å². The third-order valence-electron chi connectivity index (χ3n) is 5.36. The van der Waals surface area contributed by atoms with Crippen LogP contribution in [0.3, 0.4) is 0 Å². The first kappa shape index (κ1) is 23.5. The molecule has 0 amide bonds. The van der Waals surface area contributed by atoms with Gasteiger partial charge in [0.2, 0.25) is 0 Å². The van der Waals surface area contributed by atoms with Gasteiger partial charge < -0.3 is 14.2 Å². The fraction of sp³-hybridized carbons (Fsp3) is 0.400. The molecular weight excluding hydrogens is 421 g/mol. The van der Waals surface area contributed by atoms with Crippen LogP contribution in [-0.2, 0) is 15.7 Å². The third kappa shape index (κ3) is 6.19. The van der Waals surface area contributed by atoms with Crippen molar-refractivity contribution in [1.82, 2.24) is 0 Å². The van der Waals surface area contributed by atoms with Gasteiger partial charge >= 0.3 is 12.1 Å². The van der Waals surface area contributed by atoms with Crippen molar-refractivity contribution in [2.45, 2.75) is 50.3 Å². The van der Waals surface area contributed by atoms with Gasteiger partial charge in [-0.2, -0.15) is 13.2 Å². The minimum atomic E-state index is -4.45. The Morgan fingerprint density at radius 1 is 1.09 bits per heavy atom. The quantitative estimate of drug-likeness (QED) is 0.420. The topological polar surface area (TPSA) is 44.8 Å². The summed E-state index contributed by atoms with van der Waals surface area (Å²) in [6.45, 7) is 0. The second-order valence-electron chi connectivity index (χ2n) is 7.62. The van der Waals surface area contributed by atoms with E-state index in [1.165, 1.54) is 19.2 Å². The first-order valence-electron chi connectivity index (χ1n) is 10.4. The average Bonchev–Trinajstić information content (AvgIpc) is 3.29. The van der Waals surface area contributed by atoms with E-state index in [2.05, 4.69) is 11.8 Å². The molecule has 4 nitrogen and oxygen atoms in total. The van der Waals surface area contributed by atoms with Gasteiger partial charge in [-0.3, -0.25) is 4.79 Å². The summed E-state index contributed by atoms with van der Waals surface area (Å²) in [5, 5.41) is 0. The van der Waals surface area contributed by atoms with E-state index in [0.717, 1.165) is 37.8 Å². The Hall–Kier alpha value is -3.14. The smallest absolute Gasteiger partial charge is 0.416 e. The Kier molecular flexibility index (Phi) is 7.68. The zero-order valence-electron chi connectivity index (χ0n) is 18.0. The monoisotopic (exact) mass is 446 g/mol. The molecule has 1 aliphatic carbocycles. The van der Waals surface area contributed by atoms with Crippen LogP contribution in [0.1, 0.15) is 54.7 Å². The molecule has 1 atom stereocenters. The van der Waals surface area contributed by atoms with Gasteiger partial charge in [-0.05, 0) is 61.6 Å². The summed E-state index contributed by atoms with van der Waals surface area (Å²) in [4.78, 5) is 12.0. The van der Waals surface area contributed by atoms with Gasteiger partial charge in [-0.15, -0.1) is 0 Å². The Morgan fingerprint density at radius 2 is 1.84 bits per heavy atom. The molecule has 1 fully saturated rings. The fourth-order valence-electron chi connectivity index (χ4n) is 3.63. The van der Waals surface area contributed by atoms with Crippen LogP contribution < -0.4 is 9.47 Å². The second kappa shape index (κ2) is 10.4. The molecule has 2 aromatic carbocycles. The van der Waals surface area contributed by atoms with Crippen LogP contribution in [0.25, 0.3) is 0 Å². The van der Waals surface area contributed by atoms with Crippen LogP contribution in [0.2, 0.25) is 0 Å². The number of hydrogen-bond acceptors (Lipinski definition) is 4. The van der Waals surface area contributed by atoms with E-state index in [-0.39, 0.29) is 18.1 Å². The van der Waals surface area contributed by atoms with Crippen molar-refractivity contribution in [3.8, 4) is 23.3 Å². The molecular formula is C25H25F3O4. The second-order valence-corrected chi connectivity index (χ2v) is 7.62. The minimum Gasteiger partial charge on any atom is -0.493 e. The number of hydrogen-bond donors (Lipinski definition) is 0. The molecule has 0 saturated heterocycles. The SMILES string of the molecule is COC(=O)CC(C#Cc1cccc(C(F)(F)F)c1)c1ccc(OC)c(OC2CCCC2)c1. The van der Waals surface area contributed by atoms with Crippen molar-refractivity contribution in [3.63, 3.8) is 0 Å². The zero-order valence-corrected chi connectivity index (χ0v) is 18.0. The minimum absolute atomic E-state index is 0.0440. The van der Waals surface area contributed by atoms with Crippen LogP contribution in [0, 0.1) is 11.8 Å². The molecule has 0 bridgehead atoms. The number of esters is 1. The van der Waals surface area contributed by atoms with Crippen molar-refractivity contribution in [2.24, 2.45) is 0 Å². The molecule has 0 spiro atoms. The molecule has 1 aliphatic rings. The number of ether oxygens (including phenoxy) is 3. The molecule has 1 saturated carbocycles. The van der Waals surface area contributed by atoms with E-state index in [1.807, 2.05) is 0 Å². The Labute approximate surface area is 185 Å². The lowest BCUT2D eigenvalue weighted by molar-refractivity contribution is -0.141. The summed E-state index contributed by atoms with van der Waals surface area (Å²) in [7, 11) is 2.83. The maximum absolute atomic E-state index is 13.0. The molecule has 0 N–H and O–H groups in total. The number of carbonyl (C=O) groups excluding carboxylic acids is 1. The number of benzene rings is 2. The molecule has 2 aromatic rings. The first-order chi connectivity index (χ1) is 15.3. The highest BCUT2D eigenvalue weighted by Gasteiger charge is 2.30. The number of halogens is 3. The van der Waals surface area contributed by atoms with Crippen molar-refractivity contribution in [3.05, 3.63) is 59.2 Å². The number of alkyl halides is 3.